The zero-order valence-corrected chi connectivity index (χ0v) is 22.4. The van der Waals surface area contributed by atoms with Crippen molar-refractivity contribution in [3.63, 3.8) is 0 Å². The molecule has 0 saturated carbocycles. The minimum Gasteiger partial charge on any atom is -0.507 e. The predicted octanol–water partition coefficient (Wildman–Crippen LogP) is 4.47. The lowest BCUT2D eigenvalue weighted by Crippen LogP contribution is -2.38. The minimum atomic E-state index is -0.783. The number of hydrogen-bond donors (Lipinski definition) is 1. The first-order valence-electron chi connectivity index (χ1n) is 12.6. The van der Waals surface area contributed by atoms with Crippen LogP contribution >= 0.6 is 0 Å². The van der Waals surface area contributed by atoms with E-state index in [1.165, 1.54) is 11.8 Å². The molecule has 0 bridgehead atoms. The number of esters is 1. The fourth-order valence-electron chi connectivity index (χ4n) is 4.47. The van der Waals surface area contributed by atoms with Crippen LogP contribution < -0.4 is 9.47 Å². The number of nitrogens with zero attached hydrogens (tertiary/aromatic N) is 2. The largest absolute Gasteiger partial charge is 0.507 e. The van der Waals surface area contributed by atoms with Crippen LogP contribution in [-0.2, 0) is 14.4 Å². The molecule has 1 atom stereocenters. The SMILES string of the molecule is CCN(CC)CCN1C(=O)C(=O)/C(=C(\O)c2ccc(OC(C)C)c(C)c2)C1c1ccc(OC(C)=O)cc1. The first kappa shape index (κ1) is 27.9. The highest BCUT2D eigenvalue weighted by Crippen LogP contribution is 2.40. The molecule has 1 aliphatic heterocycles. The molecule has 1 N–H and O–H groups in total. The van der Waals surface area contributed by atoms with E-state index < -0.39 is 23.7 Å². The lowest BCUT2D eigenvalue weighted by Gasteiger charge is -2.28. The van der Waals surface area contributed by atoms with Crippen molar-refractivity contribution in [1.29, 1.82) is 0 Å². The second-order valence-electron chi connectivity index (χ2n) is 9.33. The number of carbonyl (C=O) groups is 3. The average molecular weight is 509 g/mol. The topological polar surface area (TPSA) is 96.4 Å². The Balaban J connectivity index is 2.08. The molecule has 0 aliphatic carbocycles. The number of aliphatic hydroxyl groups excluding tert-OH is 1. The quantitative estimate of drug-likeness (QED) is 0.166. The van der Waals surface area contributed by atoms with Crippen LogP contribution in [0.2, 0.25) is 0 Å². The Morgan fingerprint density at radius 1 is 1.08 bits per heavy atom. The van der Waals surface area contributed by atoms with Crippen LogP contribution in [0.4, 0.5) is 0 Å². The standard InChI is InChI=1S/C29H36N2O6/c1-7-30(8-2)15-16-31-26(21-9-12-23(13-10-21)37-20(6)32)25(28(34)29(31)35)27(33)22-11-14-24(19(5)17-22)36-18(3)4/h9-14,17-18,26,33H,7-8,15-16H2,1-6H3/b27-25-. The van der Waals surface area contributed by atoms with E-state index in [1.54, 1.807) is 42.5 Å². The number of aryl methyl sites for hydroxylation is 1. The van der Waals surface area contributed by atoms with Crippen molar-refractivity contribution in [3.05, 3.63) is 64.7 Å². The van der Waals surface area contributed by atoms with Crippen molar-refractivity contribution in [3.8, 4) is 11.5 Å². The fraction of sp³-hybridized carbons (Fsp3) is 0.414. The molecular weight excluding hydrogens is 472 g/mol. The van der Waals surface area contributed by atoms with Gasteiger partial charge in [0.2, 0.25) is 0 Å². The number of ether oxygens (including phenoxy) is 2. The van der Waals surface area contributed by atoms with E-state index in [4.69, 9.17) is 9.47 Å². The van der Waals surface area contributed by atoms with Crippen molar-refractivity contribution in [2.45, 2.75) is 53.7 Å². The Labute approximate surface area is 218 Å². The molecular formula is C29H36N2O6. The van der Waals surface area contributed by atoms with Crippen molar-refractivity contribution in [2.24, 2.45) is 0 Å². The second kappa shape index (κ2) is 12.1. The molecule has 3 rings (SSSR count). The highest BCUT2D eigenvalue weighted by Gasteiger charge is 2.46. The summed E-state index contributed by atoms with van der Waals surface area (Å²) in [6, 6.07) is 11.0. The van der Waals surface area contributed by atoms with Gasteiger partial charge in [-0.1, -0.05) is 26.0 Å². The number of aliphatic hydroxyl groups is 1. The van der Waals surface area contributed by atoms with E-state index >= 15 is 0 Å². The lowest BCUT2D eigenvalue weighted by molar-refractivity contribution is -0.140. The van der Waals surface area contributed by atoms with Gasteiger partial charge in [-0.25, -0.2) is 0 Å². The van der Waals surface area contributed by atoms with Crippen molar-refractivity contribution in [2.75, 3.05) is 26.2 Å². The van der Waals surface area contributed by atoms with Crippen LogP contribution in [-0.4, -0.2) is 64.8 Å². The molecule has 1 saturated heterocycles. The van der Waals surface area contributed by atoms with E-state index in [0.717, 1.165) is 18.7 Å². The third-order valence-corrected chi connectivity index (χ3v) is 6.36. The summed E-state index contributed by atoms with van der Waals surface area (Å²) in [5.74, 6) is -1.03. The van der Waals surface area contributed by atoms with Crippen molar-refractivity contribution in [1.82, 2.24) is 9.80 Å². The van der Waals surface area contributed by atoms with E-state index in [0.29, 0.717) is 35.7 Å². The van der Waals surface area contributed by atoms with Gasteiger partial charge in [-0.05, 0) is 75.3 Å². The smallest absolute Gasteiger partial charge is 0.308 e. The Bertz CT molecular complexity index is 1180. The molecule has 8 heteroatoms. The number of ketones is 1. The first-order chi connectivity index (χ1) is 17.6. The van der Waals surface area contributed by atoms with Crippen molar-refractivity contribution < 1.29 is 29.0 Å². The summed E-state index contributed by atoms with van der Waals surface area (Å²) in [5, 5.41) is 11.4. The summed E-state index contributed by atoms with van der Waals surface area (Å²) < 4.78 is 10.9. The van der Waals surface area contributed by atoms with E-state index in [2.05, 4.69) is 4.90 Å². The number of benzene rings is 2. The minimum absolute atomic E-state index is 0.00997. The fourth-order valence-corrected chi connectivity index (χ4v) is 4.47. The molecule has 0 spiro atoms. The molecule has 8 nitrogen and oxygen atoms in total. The Hall–Kier alpha value is -3.65. The molecule has 198 valence electrons. The molecule has 1 unspecified atom stereocenters. The average Bonchev–Trinajstić information content (AvgIpc) is 3.10. The van der Waals surface area contributed by atoms with E-state index in [-0.39, 0.29) is 17.4 Å². The molecule has 37 heavy (non-hydrogen) atoms. The number of carbonyl (C=O) groups excluding carboxylic acids is 3. The zero-order valence-electron chi connectivity index (χ0n) is 22.4. The third kappa shape index (κ3) is 6.38. The third-order valence-electron chi connectivity index (χ3n) is 6.36. The van der Waals surface area contributed by atoms with Crippen LogP contribution in [0.3, 0.4) is 0 Å². The van der Waals surface area contributed by atoms with Gasteiger partial charge in [0.15, 0.2) is 0 Å². The summed E-state index contributed by atoms with van der Waals surface area (Å²) >= 11 is 0. The molecule has 2 aromatic rings. The van der Waals surface area contributed by atoms with Gasteiger partial charge in [-0.15, -0.1) is 0 Å². The second-order valence-corrected chi connectivity index (χ2v) is 9.33. The van der Waals surface area contributed by atoms with Crippen LogP contribution in [0.5, 0.6) is 11.5 Å². The van der Waals surface area contributed by atoms with E-state index in [1.807, 2.05) is 34.6 Å². The van der Waals surface area contributed by atoms with Crippen LogP contribution in [0.25, 0.3) is 5.76 Å². The summed E-state index contributed by atoms with van der Waals surface area (Å²) in [7, 11) is 0. The molecule has 0 aromatic heterocycles. The number of Topliss-reactive ketones (excluding diaryl/α,β-unsaturated/α-hetero) is 1. The van der Waals surface area contributed by atoms with Gasteiger partial charge >= 0.3 is 5.97 Å². The molecule has 1 aliphatic rings. The Morgan fingerprint density at radius 3 is 2.27 bits per heavy atom. The Morgan fingerprint density at radius 2 is 1.73 bits per heavy atom. The predicted molar refractivity (Wildman–Crippen MR) is 141 cm³/mol. The summed E-state index contributed by atoms with van der Waals surface area (Å²) in [4.78, 5) is 41.5. The van der Waals surface area contributed by atoms with Gasteiger partial charge < -0.3 is 24.4 Å². The van der Waals surface area contributed by atoms with Gasteiger partial charge in [0, 0.05) is 25.6 Å². The molecule has 0 radical (unpaired) electrons. The maximum Gasteiger partial charge on any atom is 0.308 e. The maximum absolute atomic E-state index is 13.3. The number of likely N-dealkylation sites (tertiary alicyclic amines) is 1. The Kier molecular flexibility index (Phi) is 9.10. The van der Waals surface area contributed by atoms with E-state index in [9.17, 15) is 19.5 Å². The monoisotopic (exact) mass is 508 g/mol. The van der Waals surface area contributed by atoms with Crippen LogP contribution in [0, 0.1) is 6.92 Å². The molecule has 2 aromatic carbocycles. The number of likely N-dealkylation sites (N-methyl/N-ethyl adjacent to an activating group) is 1. The maximum atomic E-state index is 13.3. The number of rotatable bonds is 10. The molecule has 1 amide bonds. The van der Waals surface area contributed by atoms with Gasteiger partial charge in [0.25, 0.3) is 11.7 Å². The van der Waals surface area contributed by atoms with Crippen molar-refractivity contribution >= 4 is 23.4 Å². The summed E-state index contributed by atoms with van der Waals surface area (Å²) in [5.41, 5.74) is 1.89. The summed E-state index contributed by atoms with van der Waals surface area (Å²) in [6.07, 6.45) is -0.00997. The van der Waals surface area contributed by atoms with Gasteiger partial charge in [0.05, 0.1) is 17.7 Å². The highest BCUT2D eigenvalue weighted by atomic mass is 16.5. The number of hydrogen-bond acceptors (Lipinski definition) is 7. The lowest BCUT2D eigenvalue weighted by atomic mass is 9.94. The normalized spacial score (nSPS) is 17.1. The highest BCUT2D eigenvalue weighted by molar-refractivity contribution is 6.46. The molecule has 1 fully saturated rings. The first-order valence-corrected chi connectivity index (χ1v) is 12.6. The zero-order chi connectivity index (χ0) is 27.3. The summed E-state index contributed by atoms with van der Waals surface area (Å²) in [6.45, 7) is 13.6. The van der Waals surface area contributed by atoms with Crippen LogP contribution in [0.15, 0.2) is 48.0 Å². The number of amides is 1. The van der Waals surface area contributed by atoms with Crippen LogP contribution in [0.1, 0.15) is 57.4 Å². The van der Waals surface area contributed by atoms with Gasteiger partial charge in [-0.3, -0.25) is 14.4 Å². The molecule has 1 heterocycles. The van der Waals surface area contributed by atoms with Gasteiger partial charge in [0.1, 0.15) is 17.3 Å². The van der Waals surface area contributed by atoms with Gasteiger partial charge in [-0.2, -0.15) is 0 Å².